The van der Waals surface area contributed by atoms with Crippen molar-refractivity contribution in [2.45, 2.75) is 117 Å². The Hall–Kier alpha value is -4.43. The molecule has 14 heteroatoms. The monoisotopic (exact) mass is 731 g/mol. The van der Waals surface area contributed by atoms with E-state index in [0.29, 0.717) is 11.1 Å². The van der Waals surface area contributed by atoms with Crippen LogP contribution in [0.4, 0.5) is 13.6 Å². The van der Waals surface area contributed by atoms with Gasteiger partial charge in [0.1, 0.15) is 17.7 Å². The highest BCUT2D eigenvalue weighted by Gasteiger charge is 2.55. The highest BCUT2D eigenvalue weighted by molar-refractivity contribution is 6.05. The number of ether oxygens (including phenoxy) is 1. The van der Waals surface area contributed by atoms with Gasteiger partial charge in [0.25, 0.3) is 0 Å². The van der Waals surface area contributed by atoms with Gasteiger partial charge in [-0.1, -0.05) is 88.4 Å². The van der Waals surface area contributed by atoms with Crippen molar-refractivity contribution in [1.82, 2.24) is 21.3 Å². The summed E-state index contributed by atoms with van der Waals surface area (Å²) in [5, 5.41) is 20.9. The van der Waals surface area contributed by atoms with E-state index >= 15 is 8.78 Å². The van der Waals surface area contributed by atoms with E-state index in [-0.39, 0.29) is 25.3 Å². The predicted octanol–water partition coefficient (Wildman–Crippen LogP) is 3.64. The van der Waals surface area contributed by atoms with Gasteiger partial charge in [-0.25, -0.2) is 13.6 Å². The second kappa shape index (κ2) is 19.4. The number of aliphatic hydroxyl groups excluding tert-OH is 1. The molecule has 0 aliphatic heterocycles. The molecular formula is C38H55F2N5O7. The summed E-state index contributed by atoms with van der Waals surface area (Å²) >= 11 is 0. The lowest BCUT2D eigenvalue weighted by Gasteiger charge is -2.37. The Kier molecular flexibility index (Phi) is 16.3. The number of benzene rings is 2. The number of carbonyl (C=O) groups excluding carboxylic acids is 5. The number of alkyl halides is 2. The molecule has 0 bridgehead atoms. The number of nitrogens with two attached hydrogens (primary N) is 1. The number of alkyl carbamates (subject to hydrolysis) is 1. The molecule has 4 unspecified atom stereocenters. The molecule has 2 aromatic carbocycles. The molecular weight excluding hydrogens is 676 g/mol. The lowest BCUT2D eigenvalue weighted by atomic mass is 9.86. The number of nitrogens with one attached hydrogen (secondary N) is 4. The van der Waals surface area contributed by atoms with Crippen molar-refractivity contribution in [1.29, 1.82) is 0 Å². The Bertz CT molecular complexity index is 1490. The van der Waals surface area contributed by atoms with Crippen molar-refractivity contribution < 1.29 is 42.6 Å². The summed E-state index contributed by atoms with van der Waals surface area (Å²) < 4.78 is 38.6. The minimum atomic E-state index is -4.43. The van der Waals surface area contributed by atoms with E-state index in [2.05, 4.69) is 16.0 Å². The minimum absolute atomic E-state index is 0.00946. The lowest BCUT2D eigenvalue weighted by Crippen LogP contribution is -2.66. The molecule has 0 aliphatic carbocycles. The summed E-state index contributed by atoms with van der Waals surface area (Å²) in [5.74, 6) is -11.2. The molecule has 2 rings (SSSR count). The maximum absolute atomic E-state index is 16.6. The highest BCUT2D eigenvalue weighted by atomic mass is 19.3. The third kappa shape index (κ3) is 13.6. The van der Waals surface area contributed by atoms with Gasteiger partial charge in [-0.3, -0.25) is 19.2 Å². The van der Waals surface area contributed by atoms with E-state index in [1.165, 1.54) is 0 Å². The summed E-state index contributed by atoms with van der Waals surface area (Å²) in [6, 6.07) is 10.3. The van der Waals surface area contributed by atoms with E-state index in [1.54, 1.807) is 109 Å². The zero-order valence-electron chi connectivity index (χ0n) is 31.2. The molecule has 0 aliphatic rings. The van der Waals surface area contributed by atoms with Gasteiger partial charge in [0.05, 0.1) is 18.0 Å². The highest BCUT2D eigenvalue weighted by Crippen LogP contribution is 2.30. The van der Waals surface area contributed by atoms with Crippen LogP contribution in [0.25, 0.3) is 0 Å². The number of amides is 4. The maximum atomic E-state index is 16.6. The van der Waals surface area contributed by atoms with Crippen molar-refractivity contribution in [3.05, 3.63) is 71.8 Å². The van der Waals surface area contributed by atoms with Crippen LogP contribution < -0.4 is 27.0 Å². The van der Waals surface area contributed by atoms with Crippen molar-refractivity contribution in [2.24, 2.45) is 23.5 Å². The van der Waals surface area contributed by atoms with Gasteiger partial charge in [0.15, 0.2) is 11.8 Å². The zero-order chi connectivity index (χ0) is 39.4. The number of carbonyl (C=O) groups is 5. The van der Waals surface area contributed by atoms with Gasteiger partial charge in [-0.05, 0) is 57.1 Å². The van der Waals surface area contributed by atoms with Crippen LogP contribution in [0.1, 0.15) is 72.9 Å². The first-order chi connectivity index (χ1) is 24.1. The maximum Gasteiger partial charge on any atom is 0.408 e. The normalized spacial score (nSPS) is 15.4. The predicted molar refractivity (Wildman–Crippen MR) is 193 cm³/mol. The van der Waals surface area contributed by atoms with Gasteiger partial charge in [-0.15, -0.1) is 0 Å². The fraction of sp³-hybridized carbons (Fsp3) is 0.553. The molecule has 7 N–H and O–H groups in total. The molecule has 0 saturated carbocycles. The molecule has 288 valence electrons. The number of halogens is 2. The first-order valence-corrected chi connectivity index (χ1v) is 17.4. The Morgan fingerprint density at radius 3 is 1.83 bits per heavy atom. The summed E-state index contributed by atoms with van der Waals surface area (Å²) in [4.78, 5) is 66.3. The second-order valence-corrected chi connectivity index (χ2v) is 14.8. The van der Waals surface area contributed by atoms with Crippen LogP contribution in [-0.4, -0.2) is 76.5 Å². The van der Waals surface area contributed by atoms with Crippen LogP contribution in [0.3, 0.4) is 0 Å². The SMILES string of the molecule is CC(C)CC(NC(=O)[C@H](Cc1ccccc1)NC(=O)OC(C)(C)C)C(O)C(F)(F)C(NC(=O)[C@@H](N)C(C)C)C(=O)C(C)C(=O)NCc1ccccc1. The quantitative estimate of drug-likeness (QED) is 0.125. The van der Waals surface area contributed by atoms with Crippen molar-refractivity contribution >= 4 is 29.6 Å². The van der Waals surface area contributed by atoms with Crippen LogP contribution in [0.2, 0.25) is 0 Å². The van der Waals surface area contributed by atoms with Gasteiger partial charge in [0, 0.05) is 13.0 Å². The van der Waals surface area contributed by atoms with Crippen LogP contribution in [0.15, 0.2) is 60.7 Å². The van der Waals surface area contributed by atoms with E-state index < -0.39 is 83.2 Å². The molecule has 4 amide bonds. The summed E-state index contributed by atoms with van der Waals surface area (Å²) in [6.45, 7) is 12.5. The topological polar surface area (TPSA) is 189 Å². The van der Waals surface area contributed by atoms with E-state index in [1.807, 2.05) is 5.32 Å². The third-order valence-electron chi connectivity index (χ3n) is 8.23. The molecule has 2 aromatic rings. The molecule has 0 saturated heterocycles. The Morgan fingerprint density at radius 2 is 1.33 bits per heavy atom. The van der Waals surface area contributed by atoms with E-state index in [4.69, 9.17) is 10.5 Å². The fourth-order valence-corrected chi connectivity index (χ4v) is 5.22. The van der Waals surface area contributed by atoms with E-state index in [9.17, 15) is 29.1 Å². The van der Waals surface area contributed by atoms with Crippen LogP contribution in [-0.2, 0) is 36.9 Å². The van der Waals surface area contributed by atoms with Gasteiger partial charge in [-0.2, -0.15) is 0 Å². The van der Waals surface area contributed by atoms with Crippen molar-refractivity contribution in [3.8, 4) is 0 Å². The molecule has 0 aromatic heterocycles. The smallest absolute Gasteiger partial charge is 0.408 e. The Balaban J connectivity index is 2.46. The number of hydrogen-bond donors (Lipinski definition) is 6. The van der Waals surface area contributed by atoms with Crippen LogP contribution in [0, 0.1) is 17.8 Å². The number of ketones is 1. The lowest BCUT2D eigenvalue weighted by molar-refractivity contribution is -0.167. The number of hydrogen-bond acceptors (Lipinski definition) is 8. The zero-order valence-corrected chi connectivity index (χ0v) is 31.2. The number of rotatable bonds is 18. The standard InChI is InChI=1S/C38H55F2N5O7/c1-22(2)19-27(43-34(49)28(20-25-15-11-9-12-16-25)44-36(51)52-37(6,7)8)32(47)38(39,40)31(45-35(50)29(41)23(3)4)30(46)24(5)33(48)42-21-26-17-13-10-14-18-26/h9-18,22-24,27-29,31-32,47H,19-21,41H2,1-8H3,(H,42,48)(H,43,49)(H,44,51)(H,45,50)/t24?,27?,28-,29-,31?,32?/m0/s1. The van der Waals surface area contributed by atoms with Crippen LogP contribution in [0.5, 0.6) is 0 Å². The van der Waals surface area contributed by atoms with Gasteiger partial charge >= 0.3 is 12.0 Å². The molecule has 0 fully saturated rings. The first-order valence-electron chi connectivity index (χ1n) is 17.4. The van der Waals surface area contributed by atoms with Gasteiger partial charge < -0.3 is 36.8 Å². The fourth-order valence-electron chi connectivity index (χ4n) is 5.22. The Labute approximate surface area is 305 Å². The third-order valence-corrected chi connectivity index (χ3v) is 8.23. The van der Waals surface area contributed by atoms with Gasteiger partial charge in [0.2, 0.25) is 17.7 Å². The van der Waals surface area contributed by atoms with Crippen molar-refractivity contribution in [2.75, 3.05) is 0 Å². The average Bonchev–Trinajstić information content (AvgIpc) is 3.07. The van der Waals surface area contributed by atoms with Crippen LogP contribution >= 0.6 is 0 Å². The minimum Gasteiger partial charge on any atom is -0.444 e. The molecule has 52 heavy (non-hydrogen) atoms. The molecule has 0 radical (unpaired) electrons. The molecule has 0 heterocycles. The largest absolute Gasteiger partial charge is 0.444 e. The first kappa shape index (κ1) is 43.7. The van der Waals surface area contributed by atoms with Crippen molar-refractivity contribution in [3.63, 3.8) is 0 Å². The number of Topliss-reactive ketones (excluding diaryl/α,β-unsaturated/α-hetero) is 1. The number of aliphatic hydroxyl groups is 1. The summed E-state index contributed by atoms with van der Waals surface area (Å²) in [6.07, 6.45) is -3.92. The summed E-state index contributed by atoms with van der Waals surface area (Å²) in [5.41, 5.74) is 6.36. The average molecular weight is 732 g/mol. The Morgan fingerprint density at radius 1 is 0.788 bits per heavy atom. The molecule has 6 atom stereocenters. The summed E-state index contributed by atoms with van der Waals surface area (Å²) in [7, 11) is 0. The molecule has 12 nitrogen and oxygen atoms in total. The van der Waals surface area contributed by atoms with E-state index in [0.717, 1.165) is 6.92 Å². The molecule has 0 spiro atoms. The second-order valence-electron chi connectivity index (χ2n) is 14.8.